The highest BCUT2D eigenvalue weighted by molar-refractivity contribution is 7.89. The van der Waals surface area contributed by atoms with E-state index in [0.29, 0.717) is 19.5 Å². The molecule has 1 saturated heterocycles. The van der Waals surface area contributed by atoms with E-state index >= 15 is 0 Å². The van der Waals surface area contributed by atoms with Crippen LogP contribution in [0.3, 0.4) is 0 Å². The van der Waals surface area contributed by atoms with Crippen molar-refractivity contribution in [1.82, 2.24) is 9.21 Å². The van der Waals surface area contributed by atoms with Crippen LogP contribution < -0.4 is 0 Å². The number of halogens is 1. The molecule has 0 atom stereocenters. The molecular formula is C15H19ClN2O5S. The van der Waals surface area contributed by atoms with E-state index < -0.39 is 16.0 Å². The zero-order valence-electron chi connectivity index (χ0n) is 13.2. The molecule has 132 valence electrons. The van der Waals surface area contributed by atoms with Gasteiger partial charge in [-0.05, 0) is 24.6 Å². The second kappa shape index (κ2) is 7.50. The lowest BCUT2D eigenvalue weighted by Gasteiger charge is -2.34. The SMILES string of the molecule is CCCC(=O)N1CCN(S(=O)(=O)c2cc(C(=O)O)ccc2Cl)CC1. The van der Waals surface area contributed by atoms with Gasteiger partial charge in [0.2, 0.25) is 15.9 Å². The van der Waals surface area contributed by atoms with Crippen molar-refractivity contribution in [1.29, 1.82) is 0 Å². The number of aromatic carboxylic acids is 1. The van der Waals surface area contributed by atoms with E-state index in [4.69, 9.17) is 16.7 Å². The molecule has 2 rings (SSSR count). The van der Waals surface area contributed by atoms with Gasteiger partial charge < -0.3 is 10.0 Å². The molecule has 1 fully saturated rings. The van der Waals surface area contributed by atoms with Gasteiger partial charge in [0.05, 0.1) is 10.6 Å². The number of hydrogen-bond donors (Lipinski definition) is 1. The van der Waals surface area contributed by atoms with Crippen molar-refractivity contribution in [2.24, 2.45) is 0 Å². The summed E-state index contributed by atoms with van der Waals surface area (Å²) in [5.41, 5.74) is -0.144. The van der Waals surface area contributed by atoms with Gasteiger partial charge in [-0.2, -0.15) is 4.31 Å². The minimum absolute atomic E-state index is 0.0143. The predicted molar refractivity (Wildman–Crippen MR) is 88.7 cm³/mol. The Labute approximate surface area is 145 Å². The summed E-state index contributed by atoms with van der Waals surface area (Å²) in [7, 11) is -3.91. The van der Waals surface area contributed by atoms with E-state index in [1.807, 2.05) is 6.92 Å². The Morgan fingerprint density at radius 2 is 1.83 bits per heavy atom. The average Bonchev–Trinajstić information content (AvgIpc) is 2.55. The van der Waals surface area contributed by atoms with E-state index in [0.717, 1.165) is 12.5 Å². The topological polar surface area (TPSA) is 95.0 Å². The van der Waals surface area contributed by atoms with Crippen molar-refractivity contribution in [3.05, 3.63) is 28.8 Å². The molecule has 0 unspecified atom stereocenters. The number of hydrogen-bond acceptors (Lipinski definition) is 4. The fourth-order valence-corrected chi connectivity index (χ4v) is 4.45. The van der Waals surface area contributed by atoms with E-state index in [2.05, 4.69) is 0 Å². The van der Waals surface area contributed by atoms with Crippen molar-refractivity contribution in [3.63, 3.8) is 0 Å². The molecule has 0 aromatic heterocycles. The van der Waals surface area contributed by atoms with E-state index in [9.17, 15) is 18.0 Å². The number of rotatable bonds is 5. The van der Waals surface area contributed by atoms with Gasteiger partial charge in [-0.3, -0.25) is 4.79 Å². The van der Waals surface area contributed by atoms with Gasteiger partial charge in [0.15, 0.2) is 0 Å². The Balaban J connectivity index is 2.19. The molecule has 1 N–H and O–H groups in total. The standard InChI is InChI=1S/C15H19ClN2O5S/c1-2-3-14(19)17-6-8-18(9-7-17)24(22,23)13-10-11(15(20)21)4-5-12(13)16/h4-5,10H,2-3,6-9H2,1H3,(H,20,21). The smallest absolute Gasteiger partial charge is 0.335 e. The molecule has 0 aliphatic carbocycles. The first-order chi connectivity index (χ1) is 11.3. The van der Waals surface area contributed by atoms with E-state index in [1.165, 1.54) is 16.4 Å². The minimum Gasteiger partial charge on any atom is -0.478 e. The van der Waals surface area contributed by atoms with Crippen LogP contribution in [0.1, 0.15) is 30.1 Å². The molecule has 0 saturated carbocycles. The van der Waals surface area contributed by atoms with Gasteiger partial charge in [0.25, 0.3) is 0 Å². The lowest BCUT2D eigenvalue weighted by Crippen LogP contribution is -2.50. The Hall–Kier alpha value is -1.64. The Morgan fingerprint density at radius 1 is 1.21 bits per heavy atom. The third-order valence-electron chi connectivity index (χ3n) is 3.85. The van der Waals surface area contributed by atoms with Crippen LogP contribution in [0, 0.1) is 0 Å². The number of benzene rings is 1. The second-order valence-corrected chi connectivity index (χ2v) is 7.80. The molecule has 0 radical (unpaired) electrons. The third kappa shape index (κ3) is 3.88. The second-order valence-electron chi connectivity index (χ2n) is 5.49. The quantitative estimate of drug-likeness (QED) is 0.845. The fraction of sp³-hybridized carbons (Fsp3) is 0.467. The number of nitrogens with zero attached hydrogens (tertiary/aromatic N) is 2. The lowest BCUT2D eigenvalue weighted by atomic mass is 10.2. The molecule has 1 heterocycles. The van der Waals surface area contributed by atoms with Gasteiger partial charge in [-0.1, -0.05) is 18.5 Å². The summed E-state index contributed by atoms with van der Waals surface area (Å²) in [6.45, 7) is 2.86. The van der Waals surface area contributed by atoms with E-state index in [1.54, 1.807) is 4.90 Å². The van der Waals surface area contributed by atoms with Crippen LogP contribution in [-0.2, 0) is 14.8 Å². The fourth-order valence-electron chi connectivity index (χ4n) is 2.52. The van der Waals surface area contributed by atoms with Crippen molar-refractivity contribution in [3.8, 4) is 0 Å². The number of carboxylic acids is 1. The Bertz CT molecular complexity index is 742. The van der Waals surface area contributed by atoms with Crippen LogP contribution in [0.2, 0.25) is 5.02 Å². The van der Waals surface area contributed by atoms with Crippen LogP contribution in [-0.4, -0.2) is 60.8 Å². The van der Waals surface area contributed by atoms with Crippen LogP contribution in [0.4, 0.5) is 0 Å². The number of sulfonamides is 1. The predicted octanol–water partition coefficient (Wildman–Crippen LogP) is 1.67. The van der Waals surface area contributed by atoms with Crippen LogP contribution in [0.25, 0.3) is 0 Å². The van der Waals surface area contributed by atoms with Crippen molar-refractivity contribution >= 4 is 33.5 Å². The maximum atomic E-state index is 12.7. The molecule has 1 amide bonds. The number of piperazine rings is 1. The van der Waals surface area contributed by atoms with Crippen molar-refractivity contribution in [2.75, 3.05) is 26.2 Å². The van der Waals surface area contributed by atoms with Crippen LogP contribution in [0.5, 0.6) is 0 Å². The highest BCUT2D eigenvalue weighted by Gasteiger charge is 2.31. The average molecular weight is 375 g/mol. The number of carboxylic acid groups (broad SMARTS) is 1. The number of carbonyl (C=O) groups excluding carboxylic acids is 1. The highest BCUT2D eigenvalue weighted by Crippen LogP contribution is 2.26. The molecule has 1 aliphatic heterocycles. The summed E-state index contributed by atoms with van der Waals surface area (Å²) in [5, 5.41) is 9.00. The summed E-state index contributed by atoms with van der Waals surface area (Å²) in [6, 6.07) is 3.58. The van der Waals surface area contributed by atoms with Crippen molar-refractivity contribution < 1.29 is 23.1 Å². The maximum absolute atomic E-state index is 12.7. The first kappa shape index (κ1) is 18.7. The zero-order chi connectivity index (χ0) is 17.9. The summed E-state index contributed by atoms with van der Waals surface area (Å²) in [4.78, 5) is 24.3. The van der Waals surface area contributed by atoms with Crippen LogP contribution in [0.15, 0.2) is 23.1 Å². The summed E-state index contributed by atoms with van der Waals surface area (Å²) in [5.74, 6) is -1.21. The zero-order valence-corrected chi connectivity index (χ0v) is 14.8. The third-order valence-corrected chi connectivity index (χ3v) is 6.23. The summed E-state index contributed by atoms with van der Waals surface area (Å²) in [6.07, 6.45) is 1.19. The molecular weight excluding hydrogens is 356 g/mol. The maximum Gasteiger partial charge on any atom is 0.335 e. The summed E-state index contributed by atoms with van der Waals surface area (Å²) < 4.78 is 26.7. The summed E-state index contributed by atoms with van der Waals surface area (Å²) >= 11 is 5.96. The van der Waals surface area contributed by atoms with Gasteiger partial charge >= 0.3 is 5.97 Å². The van der Waals surface area contributed by atoms with Gasteiger partial charge in [0.1, 0.15) is 4.90 Å². The molecule has 1 aromatic rings. The minimum atomic E-state index is -3.91. The molecule has 0 bridgehead atoms. The van der Waals surface area contributed by atoms with Gasteiger partial charge in [-0.25, -0.2) is 13.2 Å². The van der Waals surface area contributed by atoms with Gasteiger partial charge in [0, 0.05) is 32.6 Å². The molecule has 9 heteroatoms. The molecule has 1 aliphatic rings. The number of carbonyl (C=O) groups is 2. The first-order valence-corrected chi connectivity index (χ1v) is 9.40. The normalized spacial score (nSPS) is 16.2. The molecule has 1 aromatic carbocycles. The molecule has 7 nitrogen and oxygen atoms in total. The largest absolute Gasteiger partial charge is 0.478 e. The van der Waals surface area contributed by atoms with Gasteiger partial charge in [-0.15, -0.1) is 0 Å². The first-order valence-electron chi connectivity index (χ1n) is 7.58. The van der Waals surface area contributed by atoms with Crippen LogP contribution >= 0.6 is 11.6 Å². The molecule has 0 spiro atoms. The number of amides is 1. The highest BCUT2D eigenvalue weighted by atomic mass is 35.5. The lowest BCUT2D eigenvalue weighted by molar-refractivity contribution is -0.132. The Morgan fingerprint density at radius 3 is 2.38 bits per heavy atom. The van der Waals surface area contributed by atoms with Crippen molar-refractivity contribution in [2.45, 2.75) is 24.7 Å². The van der Waals surface area contributed by atoms with E-state index in [-0.39, 0.29) is 34.5 Å². The molecule has 24 heavy (non-hydrogen) atoms. The Kier molecular flexibility index (Phi) is 5.84. The monoisotopic (exact) mass is 374 g/mol.